The molecule has 12 heteroatoms. The highest BCUT2D eigenvalue weighted by atomic mass is 32.1. The molecule has 0 bridgehead atoms. The smallest absolute Gasteiger partial charge is 0.417 e. The molecule has 2 heterocycles. The summed E-state index contributed by atoms with van der Waals surface area (Å²) in [6.07, 6.45) is 0.972. The van der Waals surface area contributed by atoms with Crippen molar-refractivity contribution < 1.29 is 29.0 Å². The first kappa shape index (κ1) is 27.5. The molecule has 0 aliphatic rings. The molecule has 0 aliphatic heterocycles. The quantitative estimate of drug-likeness (QED) is 0.245. The van der Waals surface area contributed by atoms with Crippen LogP contribution in [0.25, 0.3) is 11.3 Å². The number of aromatic nitrogens is 4. The second-order valence-electron chi connectivity index (χ2n) is 9.68. The second kappa shape index (κ2) is 11.4. The SMILES string of the molecule is CN(CC(c1ccc(OC(=O)c2ccc(-c3csnn3)cc2)cc1)c1nccn1C(=O)O)C(=O)OC(C)(C)C. The molecule has 4 aromatic rings. The number of benzene rings is 2. The first-order chi connectivity index (χ1) is 18.5. The highest BCUT2D eigenvalue weighted by molar-refractivity contribution is 7.03. The average molecular weight is 550 g/mol. The third-order valence-corrected chi connectivity index (χ3v) is 6.12. The topological polar surface area (TPSA) is 137 Å². The summed E-state index contributed by atoms with van der Waals surface area (Å²) in [6, 6.07) is 13.5. The van der Waals surface area contributed by atoms with Crippen molar-refractivity contribution in [2.75, 3.05) is 13.6 Å². The van der Waals surface area contributed by atoms with Crippen LogP contribution in [0.15, 0.2) is 66.3 Å². The minimum Gasteiger partial charge on any atom is -0.464 e. The number of ether oxygens (including phenoxy) is 2. The Morgan fingerprint density at radius 1 is 1.08 bits per heavy atom. The molecule has 0 saturated carbocycles. The van der Waals surface area contributed by atoms with Crippen molar-refractivity contribution in [1.82, 2.24) is 24.0 Å². The third-order valence-electron chi connectivity index (χ3n) is 5.62. The van der Waals surface area contributed by atoms with Gasteiger partial charge in [0.05, 0.1) is 11.5 Å². The molecule has 0 saturated heterocycles. The fourth-order valence-corrected chi connectivity index (χ4v) is 4.23. The molecule has 0 radical (unpaired) electrons. The van der Waals surface area contributed by atoms with Gasteiger partial charge >= 0.3 is 18.2 Å². The molecule has 1 N–H and O–H groups in total. The Morgan fingerprint density at radius 2 is 1.77 bits per heavy atom. The summed E-state index contributed by atoms with van der Waals surface area (Å²) in [6.45, 7) is 5.39. The first-order valence-electron chi connectivity index (χ1n) is 11.9. The number of hydrogen-bond donors (Lipinski definition) is 1. The lowest BCUT2D eigenvalue weighted by Gasteiger charge is -2.27. The van der Waals surface area contributed by atoms with Gasteiger partial charge in [-0.2, -0.15) is 0 Å². The van der Waals surface area contributed by atoms with E-state index < -0.39 is 29.7 Å². The summed E-state index contributed by atoms with van der Waals surface area (Å²) >= 11 is 1.24. The maximum atomic E-state index is 12.7. The van der Waals surface area contributed by atoms with Crippen molar-refractivity contribution in [3.05, 3.63) is 83.3 Å². The van der Waals surface area contributed by atoms with Crippen LogP contribution in [0.4, 0.5) is 9.59 Å². The number of nitrogens with zero attached hydrogens (tertiary/aromatic N) is 5. The van der Waals surface area contributed by atoms with Gasteiger partial charge in [0.1, 0.15) is 22.9 Å². The fraction of sp³-hybridized carbons (Fsp3) is 0.259. The molecular formula is C27H27N5O6S. The number of carboxylic acid groups (broad SMARTS) is 1. The van der Waals surface area contributed by atoms with Gasteiger partial charge in [-0.1, -0.05) is 28.8 Å². The van der Waals surface area contributed by atoms with Crippen LogP contribution in [0.3, 0.4) is 0 Å². The second-order valence-corrected chi connectivity index (χ2v) is 10.3. The number of carbonyl (C=O) groups excluding carboxylic acids is 2. The lowest BCUT2D eigenvalue weighted by atomic mass is 9.97. The van der Waals surface area contributed by atoms with E-state index in [0.717, 1.165) is 15.8 Å². The van der Waals surface area contributed by atoms with Crippen LogP contribution < -0.4 is 4.74 Å². The van der Waals surface area contributed by atoms with Crippen LogP contribution in [-0.4, -0.2) is 66.5 Å². The first-order valence-corrected chi connectivity index (χ1v) is 12.8. The Morgan fingerprint density at radius 3 is 2.36 bits per heavy atom. The highest BCUT2D eigenvalue weighted by Gasteiger charge is 2.27. The maximum absolute atomic E-state index is 12.7. The van der Waals surface area contributed by atoms with Gasteiger partial charge in [0.15, 0.2) is 0 Å². The summed E-state index contributed by atoms with van der Waals surface area (Å²) in [4.78, 5) is 42.7. The van der Waals surface area contributed by atoms with Crippen molar-refractivity contribution in [3.63, 3.8) is 0 Å². The number of amides is 1. The van der Waals surface area contributed by atoms with Crippen molar-refractivity contribution in [2.45, 2.75) is 32.3 Å². The number of hydrogen-bond acceptors (Lipinski definition) is 9. The van der Waals surface area contributed by atoms with E-state index in [1.807, 2.05) is 5.38 Å². The summed E-state index contributed by atoms with van der Waals surface area (Å²) in [5, 5.41) is 15.5. The number of imidazole rings is 1. The molecule has 2 aromatic heterocycles. The minimum atomic E-state index is -1.20. The van der Waals surface area contributed by atoms with Crippen LogP contribution in [0.2, 0.25) is 0 Å². The lowest BCUT2D eigenvalue weighted by Crippen LogP contribution is -2.37. The van der Waals surface area contributed by atoms with E-state index in [1.165, 1.54) is 28.8 Å². The van der Waals surface area contributed by atoms with Gasteiger partial charge in [-0.25, -0.2) is 23.9 Å². The van der Waals surface area contributed by atoms with Crippen molar-refractivity contribution >= 4 is 29.7 Å². The van der Waals surface area contributed by atoms with E-state index in [4.69, 9.17) is 9.47 Å². The van der Waals surface area contributed by atoms with Crippen molar-refractivity contribution in [3.8, 4) is 17.0 Å². The Kier molecular flexibility index (Phi) is 8.05. The molecule has 0 spiro atoms. The van der Waals surface area contributed by atoms with E-state index >= 15 is 0 Å². The molecule has 11 nitrogen and oxygen atoms in total. The highest BCUT2D eigenvalue weighted by Crippen LogP contribution is 2.28. The van der Waals surface area contributed by atoms with E-state index in [1.54, 1.807) is 76.3 Å². The molecule has 1 amide bonds. The largest absolute Gasteiger partial charge is 0.464 e. The standard InChI is InChI=1S/C27H27N5O6S/c1-27(2,3)38-26(36)31(4)15-21(23-28-13-14-32(23)25(34)35)17-9-11-20(12-10-17)37-24(33)19-7-5-18(6-8-19)22-16-39-30-29-22/h5-14,16,21H,15H2,1-4H3,(H,34,35). The van der Waals surface area contributed by atoms with Crippen LogP contribution >= 0.6 is 11.5 Å². The summed E-state index contributed by atoms with van der Waals surface area (Å²) < 4.78 is 15.8. The van der Waals surface area contributed by atoms with E-state index in [0.29, 0.717) is 16.9 Å². The van der Waals surface area contributed by atoms with Crippen LogP contribution in [0.1, 0.15) is 48.4 Å². The van der Waals surface area contributed by atoms with Crippen LogP contribution in [0.5, 0.6) is 5.75 Å². The molecule has 2 aromatic carbocycles. The van der Waals surface area contributed by atoms with E-state index in [9.17, 15) is 19.5 Å². The molecule has 4 rings (SSSR count). The summed E-state index contributed by atoms with van der Waals surface area (Å²) in [7, 11) is 1.57. The zero-order valence-corrected chi connectivity index (χ0v) is 22.6. The van der Waals surface area contributed by atoms with Gasteiger partial charge < -0.3 is 19.5 Å². The van der Waals surface area contributed by atoms with Gasteiger partial charge in [-0.05, 0) is 62.1 Å². The monoisotopic (exact) mass is 549 g/mol. The molecule has 0 aliphatic carbocycles. The number of carbonyl (C=O) groups is 3. The lowest BCUT2D eigenvalue weighted by molar-refractivity contribution is 0.0292. The van der Waals surface area contributed by atoms with Crippen molar-refractivity contribution in [2.24, 2.45) is 0 Å². The Labute approximate surface area is 228 Å². The number of likely N-dealkylation sites (N-methyl/N-ethyl adjacent to an activating group) is 1. The molecule has 0 fully saturated rings. The molecule has 1 atom stereocenters. The van der Waals surface area contributed by atoms with Gasteiger partial charge in [-0.3, -0.25) is 0 Å². The van der Waals surface area contributed by atoms with E-state index in [2.05, 4.69) is 14.6 Å². The van der Waals surface area contributed by atoms with Crippen LogP contribution in [-0.2, 0) is 4.74 Å². The van der Waals surface area contributed by atoms with Gasteiger partial charge in [0.25, 0.3) is 0 Å². The molecule has 1 unspecified atom stereocenters. The normalized spacial score (nSPS) is 12.0. The average Bonchev–Trinajstić information content (AvgIpc) is 3.60. The molecule has 39 heavy (non-hydrogen) atoms. The Hall–Kier alpha value is -4.58. The predicted octanol–water partition coefficient (Wildman–Crippen LogP) is 5.15. The summed E-state index contributed by atoms with van der Waals surface area (Å²) in [5.41, 5.74) is 1.91. The van der Waals surface area contributed by atoms with Crippen molar-refractivity contribution in [1.29, 1.82) is 0 Å². The molecule has 202 valence electrons. The van der Waals surface area contributed by atoms with Gasteiger partial charge in [-0.15, -0.1) is 5.10 Å². The van der Waals surface area contributed by atoms with Gasteiger partial charge in [0.2, 0.25) is 0 Å². The molecular weight excluding hydrogens is 522 g/mol. The number of rotatable bonds is 7. The van der Waals surface area contributed by atoms with Gasteiger partial charge in [0, 0.05) is 36.9 Å². The summed E-state index contributed by atoms with van der Waals surface area (Å²) in [5.74, 6) is -0.602. The third kappa shape index (κ3) is 6.85. The number of esters is 1. The van der Waals surface area contributed by atoms with E-state index in [-0.39, 0.29) is 12.4 Å². The Bertz CT molecular complexity index is 1440. The minimum absolute atomic E-state index is 0.0964. The zero-order valence-electron chi connectivity index (χ0n) is 21.8. The predicted molar refractivity (Wildman–Crippen MR) is 143 cm³/mol. The Balaban J connectivity index is 1.52. The maximum Gasteiger partial charge on any atom is 0.417 e. The van der Waals surface area contributed by atoms with Crippen LogP contribution in [0, 0.1) is 0 Å². The zero-order chi connectivity index (χ0) is 28.2. The fourth-order valence-electron chi connectivity index (χ4n) is 3.76.